The summed E-state index contributed by atoms with van der Waals surface area (Å²) in [5.41, 5.74) is 2.73. The summed E-state index contributed by atoms with van der Waals surface area (Å²) in [5, 5.41) is 11.1. The van der Waals surface area contributed by atoms with Gasteiger partial charge < -0.3 is 5.11 Å². The molecule has 0 amide bonds. The third kappa shape index (κ3) is 2.28. The number of carboxylic acid groups (broad SMARTS) is 1. The summed E-state index contributed by atoms with van der Waals surface area (Å²) < 4.78 is 0. The van der Waals surface area contributed by atoms with Crippen molar-refractivity contribution in [2.75, 3.05) is 0 Å². The first kappa shape index (κ1) is 12.4. The smallest absolute Gasteiger partial charge is 0.336 e. The predicted molar refractivity (Wildman–Crippen MR) is 80.2 cm³/mol. The normalized spacial score (nSPS) is 10.6. The highest BCUT2D eigenvalue weighted by atomic mass is 16.4. The average Bonchev–Trinajstić information content (AvgIpc) is 2.48. The van der Waals surface area contributed by atoms with Crippen molar-refractivity contribution in [2.45, 2.75) is 6.42 Å². The van der Waals surface area contributed by atoms with Gasteiger partial charge in [0.25, 0.3) is 0 Å². The molecule has 2 heteroatoms. The minimum absolute atomic E-state index is 0.359. The predicted octanol–water partition coefficient (Wildman–Crippen LogP) is 4.13. The average molecular weight is 262 g/mol. The molecule has 0 aliphatic rings. The molecule has 0 bridgehead atoms. The molecule has 0 spiro atoms. The first-order chi connectivity index (χ1) is 9.75. The van der Waals surface area contributed by atoms with E-state index in [-0.39, 0.29) is 0 Å². The molecule has 2 nitrogen and oxygen atoms in total. The summed E-state index contributed by atoms with van der Waals surface area (Å²) in [6.45, 7) is 0. The molecule has 0 atom stereocenters. The molecule has 3 aromatic rings. The molecule has 0 saturated heterocycles. The van der Waals surface area contributed by atoms with Gasteiger partial charge in [0.15, 0.2) is 0 Å². The van der Waals surface area contributed by atoms with Crippen LogP contribution in [0.1, 0.15) is 21.5 Å². The summed E-state index contributed by atoms with van der Waals surface area (Å²) in [7, 11) is 0. The van der Waals surface area contributed by atoms with Gasteiger partial charge in [0.2, 0.25) is 0 Å². The highest BCUT2D eigenvalue weighted by molar-refractivity contribution is 6.04. The Hall–Kier alpha value is -2.61. The Labute approximate surface area is 117 Å². The first-order valence-electron chi connectivity index (χ1n) is 6.53. The van der Waals surface area contributed by atoms with Crippen molar-refractivity contribution in [3.63, 3.8) is 0 Å². The van der Waals surface area contributed by atoms with Crippen LogP contribution in [0.4, 0.5) is 0 Å². The van der Waals surface area contributed by atoms with Gasteiger partial charge in [-0.3, -0.25) is 0 Å². The van der Waals surface area contributed by atoms with Gasteiger partial charge in [-0.1, -0.05) is 60.7 Å². The van der Waals surface area contributed by atoms with Crippen LogP contribution in [0.15, 0.2) is 66.7 Å². The molecule has 0 aliphatic carbocycles. The zero-order chi connectivity index (χ0) is 13.9. The number of aromatic carboxylic acids is 1. The Morgan fingerprint density at radius 1 is 0.800 bits per heavy atom. The number of carboxylic acids is 1. The van der Waals surface area contributed by atoms with E-state index in [9.17, 15) is 9.90 Å². The lowest BCUT2D eigenvalue weighted by Crippen LogP contribution is -1.99. The fraction of sp³-hybridized carbons (Fsp3) is 0.0556. The van der Waals surface area contributed by atoms with E-state index >= 15 is 0 Å². The van der Waals surface area contributed by atoms with E-state index in [0.29, 0.717) is 5.56 Å². The van der Waals surface area contributed by atoms with Gasteiger partial charge in [0.1, 0.15) is 0 Å². The molecule has 0 saturated carbocycles. The largest absolute Gasteiger partial charge is 0.478 e. The quantitative estimate of drug-likeness (QED) is 0.770. The standard InChI is InChI=1S/C18H14O2/c19-18(20)17-11-10-14(12-13-6-2-1-3-7-13)15-8-4-5-9-16(15)17/h1-11H,12H2,(H,19,20). The van der Waals surface area contributed by atoms with Gasteiger partial charge >= 0.3 is 5.97 Å². The van der Waals surface area contributed by atoms with Crippen molar-refractivity contribution < 1.29 is 9.90 Å². The van der Waals surface area contributed by atoms with Crippen LogP contribution >= 0.6 is 0 Å². The van der Waals surface area contributed by atoms with E-state index in [2.05, 4.69) is 12.1 Å². The second-order valence-electron chi connectivity index (χ2n) is 4.79. The molecule has 98 valence electrons. The van der Waals surface area contributed by atoms with E-state index in [4.69, 9.17) is 0 Å². The minimum Gasteiger partial charge on any atom is -0.478 e. The van der Waals surface area contributed by atoms with Crippen LogP contribution in [0.2, 0.25) is 0 Å². The molecule has 0 radical (unpaired) electrons. The van der Waals surface area contributed by atoms with Gasteiger partial charge in [-0.05, 0) is 34.4 Å². The minimum atomic E-state index is -0.882. The van der Waals surface area contributed by atoms with Crippen LogP contribution in [-0.2, 0) is 6.42 Å². The molecule has 0 aromatic heterocycles. The van der Waals surface area contributed by atoms with Crippen molar-refractivity contribution in [2.24, 2.45) is 0 Å². The Balaban J connectivity index is 2.13. The summed E-state index contributed by atoms with van der Waals surface area (Å²) in [6.07, 6.45) is 0.807. The second-order valence-corrected chi connectivity index (χ2v) is 4.79. The van der Waals surface area contributed by atoms with Crippen LogP contribution in [0.5, 0.6) is 0 Å². The SMILES string of the molecule is O=C(O)c1ccc(Cc2ccccc2)c2ccccc12. The van der Waals surface area contributed by atoms with Crippen molar-refractivity contribution in [3.05, 3.63) is 83.4 Å². The van der Waals surface area contributed by atoms with Crippen molar-refractivity contribution in [1.29, 1.82) is 0 Å². The summed E-state index contributed by atoms with van der Waals surface area (Å²) in [5.74, 6) is -0.882. The lowest BCUT2D eigenvalue weighted by atomic mass is 9.95. The maximum absolute atomic E-state index is 11.3. The third-order valence-electron chi connectivity index (χ3n) is 3.48. The molecular formula is C18H14O2. The molecule has 0 aliphatic heterocycles. The zero-order valence-corrected chi connectivity index (χ0v) is 10.9. The molecule has 3 rings (SSSR count). The summed E-state index contributed by atoms with van der Waals surface area (Å²) in [6, 6.07) is 21.5. The first-order valence-corrected chi connectivity index (χ1v) is 6.53. The third-order valence-corrected chi connectivity index (χ3v) is 3.48. The van der Waals surface area contributed by atoms with Gasteiger partial charge in [-0.25, -0.2) is 4.79 Å². The molecule has 0 fully saturated rings. The fourth-order valence-electron chi connectivity index (χ4n) is 2.52. The second kappa shape index (κ2) is 5.17. The van der Waals surface area contributed by atoms with E-state index < -0.39 is 5.97 Å². The van der Waals surface area contributed by atoms with Gasteiger partial charge in [-0.15, -0.1) is 0 Å². The Bertz CT molecular complexity index is 761. The lowest BCUT2D eigenvalue weighted by Gasteiger charge is -2.09. The van der Waals surface area contributed by atoms with Gasteiger partial charge in [-0.2, -0.15) is 0 Å². The van der Waals surface area contributed by atoms with Crippen LogP contribution in [0.3, 0.4) is 0 Å². The van der Waals surface area contributed by atoms with Crippen LogP contribution in [0.25, 0.3) is 10.8 Å². The number of benzene rings is 3. The number of fused-ring (bicyclic) bond motifs is 1. The van der Waals surface area contributed by atoms with E-state index in [1.807, 2.05) is 48.5 Å². The Morgan fingerprint density at radius 2 is 1.45 bits per heavy atom. The van der Waals surface area contributed by atoms with E-state index in [0.717, 1.165) is 22.8 Å². The number of carbonyl (C=O) groups is 1. The van der Waals surface area contributed by atoms with Crippen molar-refractivity contribution in [3.8, 4) is 0 Å². The van der Waals surface area contributed by atoms with Crippen LogP contribution in [0, 0.1) is 0 Å². The molecule has 1 N–H and O–H groups in total. The maximum atomic E-state index is 11.3. The zero-order valence-electron chi connectivity index (χ0n) is 10.9. The van der Waals surface area contributed by atoms with Crippen molar-refractivity contribution in [1.82, 2.24) is 0 Å². The molecule has 3 aromatic carbocycles. The monoisotopic (exact) mass is 262 g/mol. The van der Waals surface area contributed by atoms with Gasteiger partial charge in [0.05, 0.1) is 5.56 Å². The van der Waals surface area contributed by atoms with E-state index in [1.165, 1.54) is 5.56 Å². The Kier molecular flexibility index (Phi) is 3.21. The summed E-state index contributed by atoms with van der Waals surface area (Å²) >= 11 is 0. The topological polar surface area (TPSA) is 37.3 Å². The van der Waals surface area contributed by atoms with Crippen molar-refractivity contribution >= 4 is 16.7 Å². The number of hydrogen-bond donors (Lipinski definition) is 1. The molecule has 0 unspecified atom stereocenters. The highest BCUT2D eigenvalue weighted by Crippen LogP contribution is 2.25. The fourth-order valence-corrected chi connectivity index (χ4v) is 2.52. The lowest BCUT2D eigenvalue weighted by molar-refractivity contribution is 0.0699. The highest BCUT2D eigenvalue weighted by Gasteiger charge is 2.10. The number of rotatable bonds is 3. The summed E-state index contributed by atoms with van der Waals surface area (Å²) in [4.78, 5) is 11.3. The van der Waals surface area contributed by atoms with Crippen LogP contribution in [-0.4, -0.2) is 11.1 Å². The van der Waals surface area contributed by atoms with Crippen LogP contribution < -0.4 is 0 Å². The van der Waals surface area contributed by atoms with Gasteiger partial charge in [0, 0.05) is 0 Å². The Morgan fingerprint density at radius 3 is 2.15 bits per heavy atom. The molecule has 0 heterocycles. The molecule has 20 heavy (non-hydrogen) atoms. The number of hydrogen-bond acceptors (Lipinski definition) is 1. The van der Waals surface area contributed by atoms with E-state index in [1.54, 1.807) is 6.07 Å². The molecular weight excluding hydrogens is 248 g/mol. The maximum Gasteiger partial charge on any atom is 0.336 e.